The molecule has 2 atom stereocenters. The Labute approximate surface area is 101 Å². The van der Waals surface area contributed by atoms with Crippen LogP contribution in [0.2, 0.25) is 0 Å². The van der Waals surface area contributed by atoms with Gasteiger partial charge in [0.25, 0.3) is 0 Å². The van der Waals surface area contributed by atoms with E-state index < -0.39 is 5.66 Å². The summed E-state index contributed by atoms with van der Waals surface area (Å²) >= 11 is 0. The molecular weight excluding hydrogens is 218 g/mol. The third-order valence-electron chi connectivity index (χ3n) is 3.15. The number of hydrogen-bond donors (Lipinski definition) is 4. The molecule has 17 heavy (non-hydrogen) atoms. The fraction of sp³-hybridized carbons (Fsp3) is 0.727. The van der Waals surface area contributed by atoms with E-state index in [0.29, 0.717) is 11.9 Å². The molecule has 0 aromatic rings. The van der Waals surface area contributed by atoms with Gasteiger partial charge in [-0.05, 0) is 26.1 Å². The van der Waals surface area contributed by atoms with Gasteiger partial charge in [-0.1, -0.05) is 0 Å². The molecule has 2 aliphatic rings. The number of nitrogens with one attached hydrogen (secondary N) is 2. The van der Waals surface area contributed by atoms with E-state index in [-0.39, 0.29) is 0 Å². The highest BCUT2D eigenvalue weighted by Crippen LogP contribution is 2.25. The van der Waals surface area contributed by atoms with Gasteiger partial charge in [-0.2, -0.15) is 0 Å². The predicted molar refractivity (Wildman–Crippen MR) is 67.2 cm³/mol. The third-order valence-corrected chi connectivity index (χ3v) is 3.15. The molecule has 6 nitrogen and oxygen atoms in total. The standard InChI is InChI=1S/C11H21N5O/c1-14-4-3-11(13)6-9(15-10(12)16-11)8-2-5-17-7-8/h6,8,14H,2-5,7,13H2,1H3,(H3,12,15,16). The molecule has 0 radical (unpaired) electrons. The number of rotatable bonds is 4. The van der Waals surface area contributed by atoms with Gasteiger partial charge in [-0.15, -0.1) is 0 Å². The molecule has 0 saturated carbocycles. The smallest absolute Gasteiger partial charge is 0.195 e. The third kappa shape index (κ3) is 2.96. The molecule has 0 aromatic carbocycles. The summed E-state index contributed by atoms with van der Waals surface area (Å²) in [6, 6.07) is 0. The number of aliphatic imine (C=N–C) groups is 1. The van der Waals surface area contributed by atoms with Crippen LogP contribution in [0.15, 0.2) is 16.8 Å². The first-order chi connectivity index (χ1) is 8.13. The molecule has 2 aliphatic heterocycles. The number of guanidine groups is 1. The summed E-state index contributed by atoms with van der Waals surface area (Å²) in [6.45, 7) is 2.33. The number of ether oxygens (including phenoxy) is 1. The van der Waals surface area contributed by atoms with E-state index in [9.17, 15) is 0 Å². The van der Waals surface area contributed by atoms with Crippen molar-refractivity contribution < 1.29 is 4.74 Å². The van der Waals surface area contributed by atoms with Gasteiger partial charge in [0.05, 0.1) is 6.61 Å². The lowest BCUT2D eigenvalue weighted by molar-refractivity contribution is 0.189. The van der Waals surface area contributed by atoms with Gasteiger partial charge < -0.3 is 26.8 Å². The first kappa shape index (κ1) is 12.3. The maximum atomic E-state index is 6.23. The molecule has 96 valence electrons. The summed E-state index contributed by atoms with van der Waals surface area (Å²) in [4.78, 5) is 4.28. The van der Waals surface area contributed by atoms with Crippen molar-refractivity contribution in [1.29, 1.82) is 0 Å². The Morgan fingerprint density at radius 2 is 2.53 bits per heavy atom. The summed E-state index contributed by atoms with van der Waals surface area (Å²) < 4.78 is 5.38. The van der Waals surface area contributed by atoms with Crippen molar-refractivity contribution in [2.45, 2.75) is 18.5 Å². The van der Waals surface area contributed by atoms with Crippen LogP contribution < -0.4 is 22.1 Å². The highest BCUT2D eigenvalue weighted by molar-refractivity contribution is 5.81. The number of hydrogen-bond acceptors (Lipinski definition) is 6. The largest absolute Gasteiger partial charge is 0.381 e. The molecule has 1 fully saturated rings. The summed E-state index contributed by atoms with van der Waals surface area (Å²) in [7, 11) is 1.90. The molecule has 0 aromatic heterocycles. The second-order valence-electron chi connectivity index (χ2n) is 4.63. The lowest BCUT2D eigenvalue weighted by Crippen LogP contribution is -2.49. The Kier molecular flexibility index (Phi) is 3.66. The molecule has 0 amide bonds. The van der Waals surface area contributed by atoms with Gasteiger partial charge in [-0.25, -0.2) is 4.99 Å². The Morgan fingerprint density at radius 3 is 3.18 bits per heavy atom. The van der Waals surface area contributed by atoms with E-state index in [1.807, 2.05) is 13.1 Å². The minimum atomic E-state index is -0.698. The SMILES string of the molecule is CNCCC1(N)C=C(C2CCOC2)NC(N)=N1. The van der Waals surface area contributed by atoms with Gasteiger partial charge in [0.15, 0.2) is 5.96 Å². The lowest BCUT2D eigenvalue weighted by Gasteiger charge is -2.30. The molecule has 2 heterocycles. The van der Waals surface area contributed by atoms with E-state index in [1.165, 1.54) is 0 Å². The minimum absolute atomic E-state index is 0.363. The monoisotopic (exact) mass is 239 g/mol. The van der Waals surface area contributed by atoms with Crippen LogP contribution in [0.5, 0.6) is 0 Å². The average Bonchev–Trinajstić information content (AvgIpc) is 2.78. The van der Waals surface area contributed by atoms with Gasteiger partial charge in [0.1, 0.15) is 5.66 Å². The number of nitrogens with zero attached hydrogens (tertiary/aromatic N) is 1. The molecule has 0 bridgehead atoms. The van der Waals surface area contributed by atoms with Crippen molar-refractivity contribution >= 4 is 5.96 Å². The zero-order valence-electron chi connectivity index (χ0n) is 10.2. The van der Waals surface area contributed by atoms with Gasteiger partial charge in [0.2, 0.25) is 0 Å². The molecule has 1 saturated heterocycles. The highest BCUT2D eigenvalue weighted by atomic mass is 16.5. The van der Waals surface area contributed by atoms with E-state index >= 15 is 0 Å². The van der Waals surface area contributed by atoms with Crippen LogP contribution in [0.25, 0.3) is 0 Å². The van der Waals surface area contributed by atoms with Crippen molar-refractivity contribution in [3.63, 3.8) is 0 Å². The van der Waals surface area contributed by atoms with Gasteiger partial charge >= 0.3 is 0 Å². The number of nitrogens with two attached hydrogens (primary N) is 2. The lowest BCUT2D eigenvalue weighted by atomic mass is 9.97. The van der Waals surface area contributed by atoms with E-state index in [0.717, 1.165) is 38.3 Å². The first-order valence-electron chi connectivity index (χ1n) is 5.99. The normalized spacial score (nSPS) is 32.9. The molecule has 6 N–H and O–H groups in total. The highest BCUT2D eigenvalue weighted by Gasteiger charge is 2.30. The van der Waals surface area contributed by atoms with Crippen LogP contribution in [0.1, 0.15) is 12.8 Å². The van der Waals surface area contributed by atoms with Crippen molar-refractivity contribution in [2.24, 2.45) is 22.4 Å². The zero-order valence-corrected chi connectivity index (χ0v) is 10.2. The topological polar surface area (TPSA) is 97.7 Å². The summed E-state index contributed by atoms with van der Waals surface area (Å²) in [5.74, 6) is 0.759. The molecule has 6 heteroatoms. The van der Waals surface area contributed by atoms with E-state index in [4.69, 9.17) is 16.2 Å². The van der Waals surface area contributed by atoms with Gasteiger partial charge in [0, 0.05) is 24.6 Å². The Hall–Kier alpha value is -1.11. The maximum absolute atomic E-state index is 6.23. The van der Waals surface area contributed by atoms with Crippen LogP contribution in [-0.4, -0.2) is 38.4 Å². The van der Waals surface area contributed by atoms with E-state index in [1.54, 1.807) is 0 Å². The van der Waals surface area contributed by atoms with Crippen molar-refractivity contribution in [2.75, 3.05) is 26.8 Å². The average molecular weight is 239 g/mol. The molecule has 2 unspecified atom stereocenters. The zero-order chi connectivity index (χ0) is 12.3. The van der Waals surface area contributed by atoms with Gasteiger partial charge in [-0.3, -0.25) is 0 Å². The molecule has 0 spiro atoms. The summed E-state index contributed by atoms with van der Waals surface area (Å²) in [5.41, 5.74) is 12.4. The van der Waals surface area contributed by atoms with Crippen LogP contribution in [0.4, 0.5) is 0 Å². The minimum Gasteiger partial charge on any atom is -0.381 e. The first-order valence-corrected chi connectivity index (χ1v) is 5.99. The second-order valence-corrected chi connectivity index (χ2v) is 4.63. The van der Waals surface area contributed by atoms with Crippen LogP contribution in [0.3, 0.4) is 0 Å². The van der Waals surface area contributed by atoms with Crippen LogP contribution in [-0.2, 0) is 4.74 Å². The fourth-order valence-corrected chi connectivity index (χ4v) is 2.19. The Bertz CT molecular complexity index is 335. The summed E-state index contributed by atoms with van der Waals surface area (Å²) in [6.07, 6.45) is 3.72. The molecular formula is C11H21N5O. The fourth-order valence-electron chi connectivity index (χ4n) is 2.19. The van der Waals surface area contributed by atoms with Crippen LogP contribution in [0, 0.1) is 5.92 Å². The maximum Gasteiger partial charge on any atom is 0.195 e. The quantitative estimate of drug-likeness (QED) is 0.509. The molecule has 0 aliphatic carbocycles. The van der Waals surface area contributed by atoms with E-state index in [2.05, 4.69) is 15.6 Å². The Balaban J connectivity index is 2.11. The van der Waals surface area contributed by atoms with Crippen molar-refractivity contribution in [1.82, 2.24) is 10.6 Å². The van der Waals surface area contributed by atoms with Crippen molar-refractivity contribution in [3.8, 4) is 0 Å². The van der Waals surface area contributed by atoms with Crippen molar-refractivity contribution in [3.05, 3.63) is 11.8 Å². The summed E-state index contributed by atoms with van der Waals surface area (Å²) in [5, 5.41) is 6.17. The predicted octanol–water partition coefficient (Wildman–Crippen LogP) is -0.911. The second kappa shape index (κ2) is 5.03. The van der Waals surface area contributed by atoms with Crippen LogP contribution >= 0.6 is 0 Å². The molecule has 2 rings (SSSR count). The Morgan fingerprint density at radius 1 is 1.71 bits per heavy atom.